The van der Waals surface area contributed by atoms with Crippen molar-refractivity contribution in [1.82, 2.24) is 15.5 Å². The molecule has 2 aliphatic heterocycles. The molecule has 0 spiro atoms. The molecule has 2 fully saturated rings. The monoisotopic (exact) mass is 359 g/mol. The van der Waals surface area contributed by atoms with Crippen molar-refractivity contribution in [3.05, 3.63) is 0 Å². The first-order chi connectivity index (χ1) is 10.5. The Morgan fingerprint density at radius 3 is 2.57 bits per heavy atom. The Morgan fingerprint density at radius 2 is 2.00 bits per heavy atom. The minimum absolute atomic E-state index is 0. The lowest BCUT2D eigenvalue weighted by Gasteiger charge is -2.36. The third kappa shape index (κ3) is 6.82. The van der Waals surface area contributed by atoms with Crippen molar-refractivity contribution in [2.75, 3.05) is 39.3 Å². The molecule has 0 aromatic carbocycles. The smallest absolute Gasteiger partial charge is 0.378 e. The standard InChI is InChI=1S/C14H24F3N3O2.ClH/c15-14(16,17)12(20-6-4-18-5-7-20)10-19-13(21)9-11-3-1-2-8-22-11;/h11-12,18H,1-10H2,(H,19,21);1H. The van der Waals surface area contributed by atoms with Crippen LogP contribution in [-0.2, 0) is 9.53 Å². The van der Waals surface area contributed by atoms with E-state index in [9.17, 15) is 18.0 Å². The van der Waals surface area contributed by atoms with Crippen molar-refractivity contribution >= 4 is 18.3 Å². The van der Waals surface area contributed by atoms with Gasteiger partial charge in [0.2, 0.25) is 5.91 Å². The van der Waals surface area contributed by atoms with Gasteiger partial charge in [0, 0.05) is 39.3 Å². The van der Waals surface area contributed by atoms with Crippen LogP contribution in [0.5, 0.6) is 0 Å². The Kier molecular flexibility index (Phi) is 8.60. The summed E-state index contributed by atoms with van der Waals surface area (Å²) in [5.74, 6) is -0.365. The third-order valence-corrected chi connectivity index (χ3v) is 4.15. The number of ether oxygens (including phenoxy) is 1. The molecule has 2 heterocycles. The number of nitrogens with zero attached hydrogens (tertiary/aromatic N) is 1. The average Bonchev–Trinajstić information content (AvgIpc) is 2.48. The summed E-state index contributed by atoms with van der Waals surface area (Å²) in [5, 5.41) is 5.46. The van der Waals surface area contributed by atoms with Crippen molar-refractivity contribution in [3.8, 4) is 0 Å². The predicted octanol–water partition coefficient (Wildman–Crippen LogP) is 1.32. The molecule has 23 heavy (non-hydrogen) atoms. The molecule has 2 aliphatic rings. The maximum atomic E-state index is 13.2. The molecule has 0 saturated carbocycles. The second-order valence-electron chi connectivity index (χ2n) is 5.84. The van der Waals surface area contributed by atoms with Crippen LogP contribution in [0.3, 0.4) is 0 Å². The molecule has 5 nitrogen and oxygen atoms in total. The second kappa shape index (κ2) is 9.66. The van der Waals surface area contributed by atoms with Gasteiger partial charge in [-0.05, 0) is 19.3 Å². The molecule has 2 saturated heterocycles. The zero-order chi connectivity index (χ0) is 16.0. The van der Waals surface area contributed by atoms with E-state index in [0.717, 1.165) is 19.3 Å². The molecule has 9 heteroatoms. The van der Waals surface area contributed by atoms with Crippen molar-refractivity contribution < 1.29 is 22.7 Å². The molecular weight excluding hydrogens is 335 g/mol. The van der Waals surface area contributed by atoms with Gasteiger partial charge in [-0.2, -0.15) is 13.2 Å². The summed E-state index contributed by atoms with van der Waals surface area (Å²) in [6.07, 6.45) is -1.56. The molecule has 0 radical (unpaired) electrons. The summed E-state index contributed by atoms with van der Waals surface area (Å²) in [5.41, 5.74) is 0. The van der Waals surface area contributed by atoms with Gasteiger partial charge < -0.3 is 15.4 Å². The lowest BCUT2D eigenvalue weighted by molar-refractivity contribution is -0.184. The number of hydrogen-bond acceptors (Lipinski definition) is 4. The van der Waals surface area contributed by atoms with Crippen LogP contribution in [0.2, 0.25) is 0 Å². The summed E-state index contributed by atoms with van der Waals surface area (Å²) in [6.45, 7) is 1.99. The predicted molar refractivity (Wildman–Crippen MR) is 82.8 cm³/mol. The Balaban J connectivity index is 0.00000264. The second-order valence-corrected chi connectivity index (χ2v) is 5.84. The van der Waals surface area contributed by atoms with Crippen LogP contribution in [0.4, 0.5) is 13.2 Å². The third-order valence-electron chi connectivity index (χ3n) is 4.15. The average molecular weight is 360 g/mol. The number of piperazine rings is 1. The van der Waals surface area contributed by atoms with E-state index in [0.29, 0.717) is 32.8 Å². The molecule has 0 aliphatic carbocycles. The van der Waals surface area contributed by atoms with Gasteiger partial charge in [-0.3, -0.25) is 9.69 Å². The lowest BCUT2D eigenvalue weighted by Crippen LogP contribution is -2.57. The van der Waals surface area contributed by atoms with E-state index >= 15 is 0 Å². The fraction of sp³-hybridized carbons (Fsp3) is 0.929. The summed E-state index contributed by atoms with van der Waals surface area (Å²) in [6, 6.07) is -1.62. The van der Waals surface area contributed by atoms with Crippen molar-refractivity contribution in [3.63, 3.8) is 0 Å². The molecule has 0 aromatic heterocycles. The molecule has 136 valence electrons. The van der Waals surface area contributed by atoms with Crippen LogP contribution in [0.1, 0.15) is 25.7 Å². The van der Waals surface area contributed by atoms with Crippen LogP contribution >= 0.6 is 12.4 Å². The normalized spacial score (nSPS) is 24.6. The Labute approximate surface area is 140 Å². The number of rotatable bonds is 5. The van der Waals surface area contributed by atoms with Crippen LogP contribution < -0.4 is 10.6 Å². The van der Waals surface area contributed by atoms with Crippen molar-refractivity contribution in [2.24, 2.45) is 0 Å². The molecule has 2 rings (SSSR count). The van der Waals surface area contributed by atoms with E-state index in [2.05, 4.69) is 10.6 Å². The van der Waals surface area contributed by atoms with Gasteiger partial charge in [-0.15, -0.1) is 12.4 Å². The first-order valence-corrected chi connectivity index (χ1v) is 7.86. The highest BCUT2D eigenvalue weighted by Crippen LogP contribution is 2.25. The van der Waals surface area contributed by atoms with E-state index in [1.165, 1.54) is 4.90 Å². The van der Waals surface area contributed by atoms with Gasteiger partial charge in [0.25, 0.3) is 0 Å². The number of alkyl halides is 3. The summed E-state index contributed by atoms with van der Waals surface area (Å²) in [4.78, 5) is 13.2. The first-order valence-electron chi connectivity index (χ1n) is 7.86. The first kappa shape index (κ1) is 20.5. The molecule has 2 atom stereocenters. The van der Waals surface area contributed by atoms with Crippen LogP contribution in [-0.4, -0.2) is 68.5 Å². The van der Waals surface area contributed by atoms with Gasteiger partial charge in [0.05, 0.1) is 12.5 Å². The number of hydrogen-bond donors (Lipinski definition) is 2. The van der Waals surface area contributed by atoms with Gasteiger partial charge in [-0.1, -0.05) is 0 Å². The van der Waals surface area contributed by atoms with Gasteiger partial charge >= 0.3 is 6.18 Å². The summed E-state index contributed by atoms with van der Waals surface area (Å²) < 4.78 is 45.0. The number of nitrogens with one attached hydrogen (secondary N) is 2. The van der Waals surface area contributed by atoms with E-state index in [4.69, 9.17) is 4.74 Å². The van der Waals surface area contributed by atoms with E-state index < -0.39 is 18.8 Å². The molecule has 0 aromatic rings. The summed E-state index contributed by atoms with van der Waals surface area (Å²) in [7, 11) is 0. The maximum Gasteiger partial charge on any atom is 0.405 e. The Bertz CT molecular complexity index is 360. The lowest BCUT2D eigenvalue weighted by atomic mass is 10.1. The summed E-state index contributed by atoms with van der Waals surface area (Å²) >= 11 is 0. The van der Waals surface area contributed by atoms with Crippen LogP contribution in [0, 0.1) is 0 Å². The minimum atomic E-state index is -4.34. The molecule has 2 unspecified atom stereocenters. The largest absolute Gasteiger partial charge is 0.405 e. The van der Waals surface area contributed by atoms with E-state index in [1.807, 2.05) is 0 Å². The van der Waals surface area contributed by atoms with Gasteiger partial charge in [0.1, 0.15) is 6.04 Å². The minimum Gasteiger partial charge on any atom is -0.378 e. The molecule has 0 bridgehead atoms. The quantitative estimate of drug-likeness (QED) is 0.777. The van der Waals surface area contributed by atoms with Crippen LogP contribution in [0.25, 0.3) is 0 Å². The fourth-order valence-corrected chi connectivity index (χ4v) is 2.90. The number of carbonyl (C=O) groups is 1. The molecule has 2 N–H and O–H groups in total. The van der Waals surface area contributed by atoms with Crippen molar-refractivity contribution in [2.45, 2.75) is 44.0 Å². The Hall–Kier alpha value is -0.570. The zero-order valence-electron chi connectivity index (χ0n) is 13.0. The fourth-order valence-electron chi connectivity index (χ4n) is 2.90. The topological polar surface area (TPSA) is 53.6 Å². The highest BCUT2D eigenvalue weighted by Gasteiger charge is 2.43. The van der Waals surface area contributed by atoms with Gasteiger partial charge in [-0.25, -0.2) is 0 Å². The maximum absolute atomic E-state index is 13.2. The zero-order valence-corrected chi connectivity index (χ0v) is 13.8. The van der Waals surface area contributed by atoms with Crippen molar-refractivity contribution in [1.29, 1.82) is 0 Å². The molecular formula is C14H25ClF3N3O2. The van der Waals surface area contributed by atoms with Gasteiger partial charge in [0.15, 0.2) is 0 Å². The van der Waals surface area contributed by atoms with E-state index in [-0.39, 0.29) is 30.8 Å². The highest BCUT2D eigenvalue weighted by atomic mass is 35.5. The highest BCUT2D eigenvalue weighted by molar-refractivity contribution is 5.85. The molecule has 1 amide bonds. The SMILES string of the molecule is Cl.O=C(CC1CCCCO1)NCC(N1CCNCC1)C(F)(F)F. The number of carbonyl (C=O) groups excluding carboxylic acids is 1. The van der Waals surface area contributed by atoms with Crippen LogP contribution in [0.15, 0.2) is 0 Å². The Morgan fingerprint density at radius 1 is 1.30 bits per heavy atom. The number of halogens is 4. The number of amides is 1. The van der Waals surface area contributed by atoms with E-state index in [1.54, 1.807) is 0 Å².